The van der Waals surface area contributed by atoms with E-state index in [0.717, 1.165) is 22.2 Å². The number of aromatic nitrogens is 3. The van der Waals surface area contributed by atoms with Gasteiger partial charge in [-0.3, -0.25) is 14.8 Å². The van der Waals surface area contributed by atoms with Crippen LogP contribution in [0.2, 0.25) is 0 Å². The molecule has 0 bridgehead atoms. The topological polar surface area (TPSA) is 73.8 Å². The van der Waals surface area contributed by atoms with E-state index in [0.29, 0.717) is 6.54 Å². The van der Waals surface area contributed by atoms with Gasteiger partial charge in [0.15, 0.2) is 0 Å². The Morgan fingerprint density at radius 1 is 1.61 bits per heavy atom. The molecule has 0 radical (unpaired) electrons. The summed E-state index contributed by atoms with van der Waals surface area (Å²) >= 11 is 3.39. The van der Waals surface area contributed by atoms with Crippen molar-refractivity contribution in [2.45, 2.75) is 19.2 Å². The van der Waals surface area contributed by atoms with Crippen LogP contribution in [-0.2, 0) is 12.3 Å². The molecule has 0 aliphatic rings. The summed E-state index contributed by atoms with van der Waals surface area (Å²) in [6.07, 6.45) is 2.72. The third kappa shape index (κ3) is 3.54. The van der Waals surface area contributed by atoms with Crippen LogP contribution in [0.25, 0.3) is 0 Å². The lowest BCUT2D eigenvalue weighted by molar-refractivity contribution is -0.385. The second-order valence-electron chi connectivity index (χ2n) is 3.63. The maximum atomic E-state index is 10.5. The Morgan fingerprint density at radius 2 is 2.44 bits per heavy atom. The van der Waals surface area contributed by atoms with Gasteiger partial charge in [-0.25, -0.2) is 4.98 Å². The van der Waals surface area contributed by atoms with Crippen molar-refractivity contribution in [3.63, 3.8) is 0 Å². The first kappa shape index (κ1) is 13.0. The number of hydrogen-bond donors (Lipinski definition) is 0. The van der Waals surface area contributed by atoms with Gasteiger partial charge in [0.25, 0.3) is 0 Å². The zero-order chi connectivity index (χ0) is 13.0. The average Bonchev–Trinajstić information content (AvgIpc) is 2.93. The third-order valence-corrected chi connectivity index (χ3v) is 4.01. The SMILES string of the molecule is Cc1nc(CSCCn2cc([N+](=O)[O-])cn2)cs1. The smallest absolute Gasteiger partial charge is 0.265 e. The lowest BCUT2D eigenvalue weighted by atomic mass is 10.6. The maximum Gasteiger partial charge on any atom is 0.306 e. The molecule has 2 aromatic rings. The Bertz CT molecular complexity index is 537. The zero-order valence-electron chi connectivity index (χ0n) is 9.78. The maximum absolute atomic E-state index is 10.5. The molecule has 0 fully saturated rings. The van der Waals surface area contributed by atoms with E-state index >= 15 is 0 Å². The van der Waals surface area contributed by atoms with E-state index in [4.69, 9.17) is 0 Å². The predicted molar refractivity (Wildman–Crippen MR) is 71.9 cm³/mol. The molecule has 0 aliphatic heterocycles. The first-order valence-electron chi connectivity index (χ1n) is 5.31. The Morgan fingerprint density at radius 3 is 3.06 bits per heavy atom. The first-order chi connectivity index (χ1) is 8.65. The predicted octanol–water partition coefficient (Wildman–Crippen LogP) is 2.49. The van der Waals surface area contributed by atoms with Crippen molar-refractivity contribution in [1.82, 2.24) is 14.8 Å². The summed E-state index contributed by atoms with van der Waals surface area (Å²) in [6, 6.07) is 0. The number of rotatable bonds is 6. The minimum absolute atomic E-state index is 0.0372. The van der Waals surface area contributed by atoms with Crippen LogP contribution in [0, 0.1) is 17.0 Å². The van der Waals surface area contributed by atoms with Gasteiger partial charge in [0.05, 0.1) is 22.2 Å². The fourth-order valence-corrected chi connectivity index (χ4v) is 2.91. The lowest BCUT2D eigenvalue weighted by Gasteiger charge is -1.99. The Hall–Kier alpha value is -1.41. The molecule has 0 saturated heterocycles. The number of thiazole rings is 1. The molecule has 2 heterocycles. The highest BCUT2D eigenvalue weighted by Gasteiger charge is 2.08. The average molecular weight is 284 g/mol. The minimum atomic E-state index is -0.436. The monoisotopic (exact) mass is 284 g/mol. The largest absolute Gasteiger partial charge is 0.306 e. The summed E-state index contributed by atoms with van der Waals surface area (Å²) in [6.45, 7) is 2.66. The molecule has 0 N–H and O–H groups in total. The normalized spacial score (nSPS) is 10.7. The number of nitrogens with zero attached hydrogens (tertiary/aromatic N) is 4. The Kier molecular flexibility index (Phi) is 4.32. The van der Waals surface area contributed by atoms with Gasteiger partial charge in [-0.05, 0) is 6.92 Å². The molecule has 0 unspecified atom stereocenters. The van der Waals surface area contributed by atoms with Gasteiger partial charge in [0, 0.05) is 16.9 Å². The van der Waals surface area contributed by atoms with Crippen LogP contribution >= 0.6 is 23.1 Å². The van der Waals surface area contributed by atoms with E-state index in [9.17, 15) is 10.1 Å². The molecule has 0 aromatic carbocycles. The highest BCUT2D eigenvalue weighted by molar-refractivity contribution is 7.98. The van der Waals surface area contributed by atoms with E-state index in [2.05, 4.69) is 15.5 Å². The summed E-state index contributed by atoms with van der Waals surface area (Å²) < 4.78 is 1.59. The molecule has 18 heavy (non-hydrogen) atoms. The van der Waals surface area contributed by atoms with Crippen LogP contribution in [0.15, 0.2) is 17.8 Å². The number of aryl methyl sites for hydroxylation is 2. The molecule has 0 atom stereocenters. The van der Waals surface area contributed by atoms with Gasteiger partial charge >= 0.3 is 5.69 Å². The second kappa shape index (κ2) is 5.96. The van der Waals surface area contributed by atoms with Crippen LogP contribution in [-0.4, -0.2) is 25.4 Å². The highest BCUT2D eigenvalue weighted by Crippen LogP contribution is 2.15. The van der Waals surface area contributed by atoms with E-state index < -0.39 is 4.92 Å². The van der Waals surface area contributed by atoms with Gasteiger partial charge in [-0.15, -0.1) is 11.3 Å². The van der Waals surface area contributed by atoms with E-state index in [1.807, 2.05) is 6.92 Å². The van der Waals surface area contributed by atoms with E-state index in [1.165, 1.54) is 12.4 Å². The van der Waals surface area contributed by atoms with E-state index in [1.54, 1.807) is 27.8 Å². The minimum Gasteiger partial charge on any atom is -0.265 e. The highest BCUT2D eigenvalue weighted by atomic mass is 32.2. The molecular formula is C10H12N4O2S2. The van der Waals surface area contributed by atoms with Crippen molar-refractivity contribution < 1.29 is 4.92 Å². The first-order valence-corrected chi connectivity index (χ1v) is 7.34. The molecule has 0 spiro atoms. The number of thioether (sulfide) groups is 1. The number of hydrogen-bond acceptors (Lipinski definition) is 6. The van der Waals surface area contributed by atoms with Gasteiger partial charge < -0.3 is 0 Å². The van der Waals surface area contributed by atoms with Gasteiger partial charge in [0.2, 0.25) is 0 Å². The molecule has 8 heteroatoms. The number of nitro groups is 1. The molecule has 0 saturated carbocycles. The second-order valence-corrected chi connectivity index (χ2v) is 5.80. The van der Waals surface area contributed by atoms with Gasteiger partial charge in [0.1, 0.15) is 12.4 Å². The molecule has 2 aromatic heterocycles. The molecule has 2 rings (SSSR count). The van der Waals surface area contributed by atoms with Crippen molar-refractivity contribution in [2.75, 3.05) is 5.75 Å². The fraction of sp³-hybridized carbons (Fsp3) is 0.400. The Labute approximate surface area is 112 Å². The molecule has 0 aliphatic carbocycles. The van der Waals surface area contributed by atoms with Crippen molar-refractivity contribution in [2.24, 2.45) is 0 Å². The van der Waals surface area contributed by atoms with Crippen LogP contribution < -0.4 is 0 Å². The van der Waals surface area contributed by atoms with E-state index in [-0.39, 0.29) is 5.69 Å². The summed E-state index contributed by atoms with van der Waals surface area (Å²) in [7, 11) is 0. The Balaban J connectivity index is 1.73. The summed E-state index contributed by atoms with van der Waals surface area (Å²) in [4.78, 5) is 14.4. The summed E-state index contributed by atoms with van der Waals surface area (Å²) in [5.41, 5.74) is 1.13. The fourth-order valence-electron chi connectivity index (χ4n) is 1.38. The molecular weight excluding hydrogens is 272 g/mol. The van der Waals surface area contributed by atoms with Crippen molar-refractivity contribution >= 4 is 28.8 Å². The lowest BCUT2D eigenvalue weighted by Crippen LogP contribution is -2.00. The van der Waals surface area contributed by atoms with Crippen molar-refractivity contribution in [1.29, 1.82) is 0 Å². The van der Waals surface area contributed by atoms with Crippen molar-refractivity contribution in [3.8, 4) is 0 Å². The van der Waals surface area contributed by atoms with Crippen LogP contribution in [0.5, 0.6) is 0 Å². The molecule has 96 valence electrons. The van der Waals surface area contributed by atoms with Crippen LogP contribution in [0.4, 0.5) is 5.69 Å². The van der Waals surface area contributed by atoms with Crippen molar-refractivity contribution in [3.05, 3.63) is 38.6 Å². The summed E-state index contributed by atoms with van der Waals surface area (Å²) in [5.74, 6) is 1.73. The summed E-state index contributed by atoms with van der Waals surface area (Å²) in [5, 5.41) is 17.5. The zero-order valence-corrected chi connectivity index (χ0v) is 11.4. The van der Waals surface area contributed by atoms with Crippen LogP contribution in [0.3, 0.4) is 0 Å². The standard InChI is InChI=1S/C10H12N4O2S2/c1-8-12-9(7-18-8)6-17-3-2-13-5-10(4-11-13)14(15)16/h4-5,7H,2-3,6H2,1H3. The quantitative estimate of drug-likeness (QED) is 0.463. The third-order valence-electron chi connectivity index (χ3n) is 2.21. The molecule has 6 nitrogen and oxygen atoms in total. The molecule has 0 amide bonds. The van der Waals surface area contributed by atoms with Crippen LogP contribution in [0.1, 0.15) is 10.7 Å². The van der Waals surface area contributed by atoms with Gasteiger partial charge in [-0.2, -0.15) is 16.9 Å². The van der Waals surface area contributed by atoms with Gasteiger partial charge in [-0.1, -0.05) is 0 Å².